The van der Waals surface area contributed by atoms with E-state index >= 15 is 0 Å². The maximum atomic E-state index is 5.91. The van der Waals surface area contributed by atoms with Crippen LogP contribution in [-0.4, -0.2) is 31.1 Å². The predicted octanol–water partition coefficient (Wildman–Crippen LogP) is 2.24. The zero-order valence-corrected chi connectivity index (χ0v) is 10.4. The fourth-order valence-electron chi connectivity index (χ4n) is 2.89. The van der Waals surface area contributed by atoms with E-state index in [9.17, 15) is 0 Å². The lowest BCUT2D eigenvalue weighted by Crippen LogP contribution is -2.49. The Morgan fingerprint density at radius 2 is 1.67 bits per heavy atom. The van der Waals surface area contributed by atoms with Crippen molar-refractivity contribution in [2.45, 2.75) is 46.0 Å². The largest absolute Gasteiger partial charge is 0.330 e. The Labute approximate surface area is 94.2 Å². The van der Waals surface area contributed by atoms with Crippen LogP contribution in [0.1, 0.15) is 46.0 Å². The van der Waals surface area contributed by atoms with Crippen molar-refractivity contribution in [3.63, 3.8) is 0 Å². The average Bonchev–Trinajstić information content (AvgIpc) is 2.14. The molecule has 2 aliphatic rings. The van der Waals surface area contributed by atoms with E-state index in [1.54, 1.807) is 0 Å². The quantitative estimate of drug-likeness (QED) is 0.774. The Balaban J connectivity index is 1.81. The summed E-state index contributed by atoms with van der Waals surface area (Å²) in [6, 6.07) is 0. The van der Waals surface area contributed by atoms with Crippen LogP contribution in [0.5, 0.6) is 0 Å². The summed E-state index contributed by atoms with van der Waals surface area (Å²) in [5, 5.41) is 0. The van der Waals surface area contributed by atoms with E-state index in [4.69, 9.17) is 5.73 Å². The van der Waals surface area contributed by atoms with Crippen molar-refractivity contribution in [3.05, 3.63) is 0 Å². The zero-order valence-electron chi connectivity index (χ0n) is 10.4. The molecule has 0 radical (unpaired) electrons. The molecule has 1 aliphatic heterocycles. The van der Waals surface area contributed by atoms with Crippen molar-refractivity contribution in [2.75, 3.05) is 26.2 Å². The minimum Gasteiger partial charge on any atom is -0.330 e. The first-order chi connectivity index (χ1) is 7.05. The third kappa shape index (κ3) is 2.54. The second kappa shape index (κ2) is 4.06. The molecule has 88 valence electrons. The summed E-state index contributed by atoms with van der Waals surface area (Å²) in [5.74, 6) is 0. The first kappa shape index (κ1) is 11.4. The minimum atomic E-state index is 0.501. The molecule has 2 N–H and O–H groups in total. The van der Waals surface area contributed by atoms with Gasteiger partial charge in [-0.3, -0.25) is 0 Å². The number of rotatable bonds is 3. The number of likely N-dealkylation sites (tertiary alicyclic amines) is 1. The molecule has 2 nitrogen and oxygen atoms in total. The molecule has 0 atom stereocenters. The SMILES string of the molecule is CC1(C)CCN(CC2(CN)CCC2)CC1. The third-order valence-electron chi connectivity index (χ3n) is 4.62. The van der Waals surface area contributed by atoms with E-state index < -0.39 is 0 Å². The van der Waals surface area contributed by atoms with Crippen molar-refractivity contribution >= 4 is 0 Å². The maximum Gasteiger partial charge on any atom is 0.00501 e. The molecule has 1 saturated carbocycles. The molecule has 0 aromatic rings. The molecule has 2 rings (SSSR count). The zero-order chi connectivity index (χ0) is 10.9. The molecular formula is C13H26N2. The van der Waals surface area contributed by atoms with Crippen molar-refractivity contribution in [3.8, 4) is 0 Å². The summed E-state index contributed by atoms with van der Waals surface area (Å²) in [7, 11) is 0. The van der Waals surface area contributed by atoms with Crippen molar-refractivity contribution in [2.24, 2.45) is 16.6 Å². The van der Waals surface area contributed by atoms with Gasteiger partial charge in [-0.15, -0.1) is 0 Å². The number of piperidine rings is 1. The lowest BCUT2D eigenvalue weighted by atomic mass is 9.68. The topological polar surface area (TPSA) is 29.3 Å². The molecular weight excluding hydrogens is 184 g/mol. The van der Waals surface area contributed by atoms with Crippen LogP contribution in [0.25, 0.3) is 0 Å². The van der Waals surface area contributed by atoms with Gasteiger partial charge in [0.2, 0.25) is 0 Å². The van der Waals surface area contributed by atoms with Crippen LogP contribution in [0.2, 0.25) is 0 Å². The molecule has 1 heterocycles. The minimum absolute atomic E-state index is 0.501. The molecule has 0 spiro atoms. The van der Waals surface area contributed by atoms with Crippen LogP contribution >= 0.6 is 0 Å². The van der Waals surface area contributed by atoms with Crippen LogP contribution in [0.3, 0.4) is 0 Å². The van der Waals surface area contributed by atoms with Crippen molar-refractivity contribution < 1.29 is 0 Å². The van der Waals surface area contributed by atoms with E-state index in [1.165, 1.54) is 51.7 Å². The molecule has 1 aliphatic carbocycles. The van der Waals surface area contributed by atoms with Crippen molar-refractivity contribution in [1.29, 1.82) is 0 Å². The fourth-order valence-corrected chi connectivity index (χ4v) is 2.89. The highest BCUT2D eigenvalue weighted by atomic mass is 15.1. The molecule has 0 bridgehead atoms. The number of nitrogens with zero attached hydrogens (tertiary/aromatic N) is 1. The lowest BCUT2D eigenvalue weighted by molar-refractivity contribution is 0.0413. The molecule has 2 fully saturated rings. The Kier molecular flexibility index (Phi) is 3.09. The maximum absolute atomic E-state index is 5.91. The second-order valence-electron chi connectivity index (χ2n) is 6.50. The van der Waals surface area contributed by atoms with Gasteiger partial charge in [0.15, 0.2) is 0 Å². The predicted molar refractivity (Wildman–Crippen MR) is 64.8 cm³/mol. The van der Waals surface area contributed by atoms with Crippen LogP contribution in [0, 0.1) is 10.8 Å². The van der Waals surface area contributed by atoms with Gasteiger partial charge in [0.05, 0.1) is 0 Å². The highest BCUT2D eigenvalue weighted by molar-refractivity contribution is 4.92. The van der Waals surface area contributed by atoms with Gasteiger partial charge in [0.25, 0.3) is 0 Å². The summed E-state index contributed by atoms with van der Waals surface area (Å²) in [4.78, 5) is 2.65. The van der Waals surface area contributed by atoms with E-state index in [0.717, 1.165) is 6.54 Å². The molecule has 0 aromatic carbocycles. The van der Waals surface area contributed by atoms with Crippen LogP contribution < -0.4 is 5.73 Å². The molecule has 15 heavy (non-hydrogen) atoms. The van der Waals surface area contributed by atoms with Gasteiger partial charge < -0.3 is 10.6 Å². The molecule has 0 amide bonds. The number of nitrogens with two attached hydrogens (primary N) is 1. The highest BCUT2D eigenvalue weighted by Crippen LogP contribution is 2.41. The monoisotopic (exact) mass is 210 g/mol. The van der Waals surface area contributed by atoms with E-state index in [1.807, 2.05) is 0 Å². The van der Waals surface area contributed by atoms with Gasteiger partial charge in [0.1, 0.15) is 0 Å². The fraction of sp³-hybridized carbons (Fsp3) is 1.00. The third-order valence-corrected chi connectivity index (χ3v) is 4.62. The highest BCUT2D eigenvalue weighted by Gasteiger charge is 2.38. The lowest BCUT2D eigenvalue weighted by Gasteiger charge is -2.47. The van der Waals surface area contributed by atoms with E-state index in [0.29, 0.717) is 10.8 Å². The normalized spacial score (nSPS) is 29.8. The Bertz CT molecular complexity index is 203. The molecule has 1 saturated heterocycles. The molecule has 2 heteroatoms. The Hall–Kier alpha value is -0.0800. The Morgan fingerprint density at radius 1 is 1.07 bits per heavy atom. The van der Waals surface area contributed by atoms with Crippen LogP contribution in [-0.2, 0) is 0 Å². The van der Waals surface area contributed by atoms with Gasteiger partial charge in [-0.25, -0.2) is 0 Å². The van der Waals surface area contributed by atoms with Gasteiger partial charge in [-0.2, -0.15) is 0 Å². The summed E-state index contributed by atoms with van der Waals surface area (Å²) in [6.45, 7) is 9.52. The number of hydrogen-bond acceptors (Lipinski definition) is 2. The standard InChI is InChI=1S/C13H26N2/c1-12(2)6-8-15(9-7-12)11-13(10-14)4-3-5-13/h3-11,14H2,1-2H3. The van der Waals surface area contributed by atoms with E-state index in [2.05, 4.69) is 18.7 Å². The molecule has 0 unspecified atom stereocenters. The smallest absolute Gasteiger partial charge is 0.00501 e. The first-order valence-electron chi connectivity index (χ1n) is 6.48. The van der Waals surface area contributed by atoms with Crippen LogP contribution in [0.4, 0.5) is 0 Å². The van der Waals surface area contributed by atoms with E-state index in [-0.39, 0.29) is 0 Å². The summed E-state index contributed by atoms with van der Waals surface area (Å²) < 4.78 is 0. The first-order valence-corrected chi connectivity index (χ1v) is 6.48. The van der Waals surface area contributed by atoms with Gasteiger partial charge in [0, 0.05) is 6.54 Å². The summed E-state index contributed by atoms with van der Waals surface area (Å²) in [6.07, 6.45) is 6.84. The van der Waals surface area contributed by atoms with Crippen molar-refractivity contribution in [1.82, 2.24) is 4.90 Å². The Morgan fingerprint density at radius 3 is 2.07 bits per heavy atom. The van der Waals surface area contributed by atoms with Crippen LogP contribution in [0.15, 0.2) is 0 Å². The number of hydrogen-bond donors (Lipinski definition) is 1. The van der Waals surface area contributed by atoms with Gasteiger partial charge in [-0.05, 0) is 56.1 Å². The summed E-state index contributed by atoms with van der Waals surface area (Å²) in [5.41, 5.74) is 6.99. The van der Waals surface area contributed by atoms with Gasteiger partial charge >= 0.3 is 0 Å². The second-order valence-corrected chi connectivity index (χ2v) is 6.50. The average molecular weight is 210 g/mol. The van der Waals surface area contributed by atoms with Gasteiger partial charge in [-0.1, -0.05) is 20.3 Å². The molecule has 0 aromatic heterocycles. The summed E-state index contributed by atoms with van der Waals surface area (Å²) >= 11 is 0.